The van der Waals surface area contributed by atoms with Crippen LogP contribution >= 0.6 is 0 Å². The molecule has 0 aromatic carbocycles. The Kier molecular flexibility index (Phi) is 1.88. The van der Waals surface area contributed by atoms with Gasteiger partial charge < -0.3 is 4.74 Å². The molecule has 0 atom stereocenters. The summed E-state index contributed by atoms with van der Waals surface area (Å²) in [5.74, 6) is 0.0440. The van der Waals surface area contributed by atoms with Gasteiger partial charge in [-0.25, -0.2) is 14.3 Å². The molecule has 2 heterocycles. The molecule has 0 aliphatic carbocycles. The van der Waals surface area contributed by atoms with Crippen LogP contribution in [0.4, 0.5) is 0 Å². The van der Waals surface area contributed by atoms with Crippen molar-refractivity contribution in [3.05, 3.63) is 23.8 Å². The van der Waals surface area contributed by atoms with Crippen molar-refractivity contribution in [2.75, 3.05) is 7.11 Å². The second-order valence-corrected chi connectivity index (χ2v) is 2.72. The van der Waals surface area contributed by atoms with Gasteiger partial charge in [0.25, 0.3) is 5.78 Å². The zero-order valence-electron chi connectivity index (χ0n) is 7.76. The molecule has 0 N–H and O–H groups in total. The number of esters is 1. The van der Waals surface area contributed by atoms with E-state index in [1.807, 2.05) is 0 Å². The number of hydrogen-bond acceptors (Lipinski definition) is 5. The average Bonchev–Trinajstić information content (AvgIpc) is 2.66. The SMILES string of the molecule is COC(=O)c1cnc2ncnn2c1C. The van der Waals surface area contributed by atoms with E-state index >= 15 is 0 Å². The second kappa shape index (κ2) is 3.06. The molecule has 14 heavy (non-hydrogen) atoms. The number of hydrogen-bond donors (Lipinski definition) is 0. The summed E-state index contributed by atoms with van der Waals surface area (Å²) in [5.41, 5.74) is 1.06. The normalized spacial score (nSPS) is 10.4. The molecule has 0 bridgehead atoms. The van der Waals surface area contributed by atoms with Crippen molar-refractivity contribution < 1.29 is 9.53 Å². The van der Waals surface area contributed by atoms with Crippen LogP contribution in [-0.2, 0) is 4.74 Å². The van der Waals surface area contributed by atoms with E-state index in [4.69, 9.17) is 0 Å². The molecule has 0 aliphatic rings. The highest BCUT2D eigenvalue weighted by atomic mass is 16.5. The number of aromatic nitrogens is 4. The first-order chi connectivity index (χ1) is 6.74. The summed E-state index contributed by atoms with van der Waals surface area (Å²) < 4.78 is 6.09. The van der Waals surface area contributed by atoms with Gasteiger partial charge in [-0.3, -0.25) is 0 Å². The minimum absolute atomic E-state index is 0.394. The molecular weight excluding hydrogens is 184 g/mol. The minimum atomic E-state index is -0.424. The molecule has 72 valence electrons. The number of ether oxygens (including phenoxy) is 1. The highest BCUT2D eigenvalue weighted by Gasteiger charge is 2.13. The van der Waals surface area contributed by atoms with Gasteiger partial charge >= 0.3 is 5.97 Å². The van der Waals surface area contributed by atoms with Crippen molar-refractivity contribution in [3.8, 4) is 0 Å². The third-order valence-corrected chi connectivity index (χ3v) is 1.95. The Morgan fingerprint density at radius 1 is 1.50 bits per heavy atom. The fraction of sp³-hybridized carbons (Fsp3) is 0.250. The maximum absolute atomic E-state index is 11.3. The molecule has 2 aromatic rings. The van der Waals surface area contributed by atoms with Gasteiger partial charge in [0.15, 0.2) is 0 Å². The van der Waals surface area contributed by atoms with Gasteiger partial charge in [0.05, 0.1) is 18.4 Å². The number of rotatable bonds is 1. The summed E-state index contributed by atoms with van der Waals surface area (Å²) in [6.45, 7) is 1.76. The van der Waals surface area contributed by atoms with Crippen LogP contribution in [0, 0.1) is 6.92 Å². The van der Waals surface area contributed by atoms with Gasteiger partial charge in [-0.15, -0.1) is 0 Å². The van der Waals surface area contributed by atoms with Gasteiger partial charge in [-0.2, -0.15) is 10.1 Å². The van der Waals surface area contributed by atoms with E-state index in [-0.39, 0.29) is 0 Å². The molecule has 0 amide bonds. The summed E-state index contributed by atoms with van der Waals surface area (Å²) in [6, 6.07) is 0. The number of carbonyl (C=O) groups is 1. The van der Waals surface area contributed by atoms with Crippen molar-refractivity contribution in [2.24, 2.45) is 0 Å². The van der Waals surface area contributed by atoms with Gasteiger partial charge in [-0.1, -0.05) is 0 Å². The smallest absolute Gasteiger partial charge is 0.341 e. The van der Waals surface area contributed by atoms with Crippen molar-refractivity contribution in [1.29, 1.82) is 0 Å². The molecule has 0 spiro atoms. The van der Waals surface area contributed by atoms with Crippen LogP contribution in [-0.4, -0.2) is 32.7 Å². The Morgan fingerprint density at radius 3 is 3.00 bits per heavy atom. The molecule has 0 aliphatic heterocycles. The summed E-state index contributed by atoms with van der Waals surface area (Å²) in [5, 5.41) is 3.93. The minimum Gasteiger partial charge on any atom is -0.465 e. The Labute approximate surface area is 79.5 Å². The summed E-state index contributed by atoms with van der Waals surface area (Å²) in [4.78, 5) is 19.1. The Balaban J connectivity index is 2.67. The first kappa shape index (κ1) is 8.61. The van der Waals surface area contributed by atoms with Crippen molar-refractivity contribution in [1.82, 2.24) is 19.6 Å². The van der Waals surface area contributed by atoms with Crippen molar-refractivity contribution in [3.63, 3.8) is 0 Å². The van der Waals surface area contributed by atoms with E-state index in [2.05, 4.69) is 19.8 Å². The molecular formula is C8H8N4O2. The van der Waals surface area contributed by atoms with Crippen molar-refractivity contribution >= 4 is 11.7 Å². The lowest BCUT2D eigenvalue weighted by Crippen LogP contribution is -2.09. The lowest BCUT2D eigenvalue weighted by Gasteiger charge is -2.03. The Hall–Kier alpha value is -1.98. The highest BCUT2D eigenvalue weighted by molar-refractivity contribution is 5.90. The van der Waals surface area contributed by atoms with Crippen molar-refractivity contribution in [2.45, 2.75) is 6.92 Å². The van der Waals surface area contributed by atoms with Crippen LogP contribution in [0.3, 0.4) is 0 Å². The van der Waals surface area contributed by atoms with Crippen LogP contribution in [0.2, 0.25) is 0 Å². The zero-order valence-corrected chi connectivity index (χ0v) is 7.76. The average molecular weight is 192 g/mol. The van der Waals surface area contributed by atoms with E-state index in [1.54, 1.807) is 6.92 Å². The van der Waals surface area contributed by atoms with E-state index < -0.39 is 5.97 Å². The molecule has 0 radical (unpaired) electrons. The fourth-order valence-electron chi connectivity index (χ4n) is 1.20. The summed E-state index contributed by atoms with van der Waals surface area (Å²) in [7, 11) is 1.33. The third kappa shape index (κ3) is 1.12. The third-order valence-electron chi connectivity index (χ3n) is 1.95. The lowest BCUT2D eigenvalue weighted by atomic mass is 10.2. The van der Waals surface area contributed by atoms with Gasteiger partial charge in [0.2, 0.25) is 0 Å². The number of fused-ring (bicyclic) bond motifs is 1. The van der Waals surface area contributed by atoms with E-state index in [9.17, 15) is 4.79 Å². The molecule has 0 fully saturated rings. The molecule has 0 saturated heterocycles. The predicted octanol–water partition coefficient (Wildman–Crippen LogP) is 0.219. The number of nitrogens with zero attached hydrogens (tertiary/aromatic N) is 4. The van der Waals surface area contributed by atoms with E-state index in [0.29, 0.717) is 17.0 Å². The van der Waals surface area contributed by atoms with E-state index in [1.165, 1.54) is 24.1 Å². The summed E-state index contributed by atoms with van der Waals surface area (Å²) in [6.07, 6.45) is 2.82. The van der Waals surface area contributed by atoms with Gasteiger partial charge in [0.1, 0.15) is 6.33 Å². The topological polar surface area (TPSA) is 69.4 Å². The standard InChI is InChI=1S/C8H8N4O2/c1-5-6(7(13)14-2)3-9-8-10-4-11-12(5)8/h3-4H,1-2H3. The number of methoxy groups -OCH3 is 1. The van der Waals surface area contributed by atoms with E-state index in [0.717, 1.165) is 0 Å². The van der Waals surface area contributed by atoms with Gasteiger partial charge in [0, 0.05) is 6.20 Å². The monoisotopic (exact) mass is 192 g/mol. The van der Waals surface area contributed by atoms with Crippen LogP contribution in [0.1, 0.15) is 16.1 Å². The maximum atomic E-state index is 11.3. The Morgan fingerprint density at radius 2 is 2.29 bits per heavy atom. The molecule has 6 heteroatoms. The molecule has 2 aromatic heterocycles. The Bertz CT molecular complexity index is 491. The van der Waals surface area contributed by atoms with Crippen LogP contribution in [0.15, 0.2) is 12.5 Å². The van der Waals surface area contributed by atoms with Crippen LogP contribution < -0.4 is 0 Å². The fourth-order valence-corrected chi connectivity index (χ4v) is 1.20. The number of carbonyl (C=O) groups excluding carboxylic acids is 1. The first-order valence-corrected chi connectivity index (χ1v) is 3.97. The summed E-state index contributed by atoms with van der Waals surface area (Å²) >= 11 is 0. The number of aryl methyl sites for hydroxylation is 1. The first-order valence-electron chi connectivity index (χ1n) is 3.97. The second-order valence-electron chi connectivity index (χ2n) is 2.72. The predicted molar refractivity (Wildman–Crippen MR) is 46.9 cm³/mol. The maximum Gasteiger partial charge on any atom is 0.341 e. The van der Waals surface area contributed by atoms with Crippen LogP contribution in [0.5, 0.6) is 0 Å². The lowest BCUT2D eigenvalue weighted by molar-refractivity contribution is 0.0598. The molecule has 2 rings (SSSR count). The quantitative estimate of drug-likeness (QED) is 0.604. The molecule has 0 saturated carbocycles. The molecule has 0 unspecified atom stereocenters. The molecule has 6 nitrogen and oxygen atoms in total. The zero-order chi connectivity index (χ0) is 10.1. The van der Waals surface area contributed by atoms with Crippen LogP contribution in [0.25, 0.3) is 5.78 Å². The largest absolute Gasteiger partial charge is 0.465 e. The highest BCUT2D eigenvalue weighted by Crippen LogP contribution is 2.08. The van der Waals surface area contributed by atoms with Gasteiger partial charge in [-0.05, 0) is 6.92 Å².